The maximum absolute atomic E-state index is 12.1. The number of anilines is 1. The third-order valence-electron chi connectivity index (χ3n) is 2.74. The number of amides is 1. The minimum atomic E-state index is -0.999. The zero-order valence-electron chi connectivity index (χ0n) is 11.2. The fourth-order valence-electron chi connectivity index (χ4n) is 1.67. The number of rotatable bonds is 3. The van der Waals surface area contributed by atoms with Crippen molar-refractivity contribution >= 4 is 57.5 Å². The quantitative estimate of drug-likeness (QED) is 0.520. The predicted molar refractivity (Wildman–Crippen MR) is 96.2 cm³/mol. The first-order valence-electron chi connectivity index (χ1n) is 6.17. The van der Waals surface area contributed by atoms with E-state index in [9.17, 15) is 9.59 Å². The number of nitrogens with one attached hydrogen (secondary N) is 2. The topological polar surface area (TPSA) is 78.4 Å². The van der Waals surface area contributed by atoms with E-state index in [1.54, 1.807) is 24.3 Å². The minimum Gasteiger partial charge on any atom is -0.478 e. The summed E-state index contributed by atoms with van der Waals surface area (Å²) in [6.07, 6.45) is 0. The van der Waals surface area contributed by atoms with Gasteiger partial charge in [-0.25, -0.2) is 4.79 Å². The average molecular weight is 426 g/mol. The number of carbonyl (C=O) groups is 2. The molecule has 0 saturated heterocycles. The normalized spacial score (nSPS) is 9.86. The van der Waals surface area contributed by atoms with Crippen LogP contribution in [0.1, 0.15) is 20.7 Å². The molecule has 5 nitrogen and oxygen atoms in total. The van der Waals surface area contributed by atoms with Crippen LogP contribution in [-0.2, 0) is 0 Å². The molecule has 0 saturated carbocycles. The zero-order valence-corrected chi connectivity index (χ0v) is 14.1. The fraction of sp³-hybridized carbons (Fsp3) is 0. The van der Waals surface area contributed by atoms with E-state index in [0.717, 1.165) is 3.57 Å². The van der Waals surface area contributed by atoms with Crippen molar-refractivity contribution in [3.63, 3.8) is 0 Å². The molecule has 0 aliphatic rings. The molecule has 0 heterocycles. The Morgan fingerprint density at radius 2 is 1.68 bits per heavy atom. The molecule has 0 atom stereocenters. The van der Waals surface area contributed by atoms with Gasteiger partial charge in [-0.3, -0.25) is 10.1 Å². The molecule has 2 aromatic rings. The highest BCUT2D eigenvalue weighted by Crippen LogP contribution is 2.12. The van der Waals surface area contributed by atoms with E-state index >= 15 is 0 Å². The van der Waals surface area contributed by atoms with Crippen molar-refractivity contribution in [2.24, 2.45) is 0 Å². The van der Waals surface area contributed by atoms with Crippen LogP contribution >= 0.6 is 34.8 Å². The highest BCUT2D eigenvalue weighted by atomic mass is 127. The van der Waals surface area contributed by atoms with Crippen LogP contribution in [0.3, 0.4) is 0 Å². The smallest absolute Gasteiger partial charge is 0.335 e. The van der Waals surface area contributed by atoms with Gasteiger partial charge >= 0.3 is 5.97 Å². The van der Waals surface area contributed by atoms with Gasteiger partial charge < -0.3 is 10.4 Å². The third-order valence-corrected chi connectivity index (χ3v) is 3.88. The summed E-state index contributed by atoms with van der Waals surface area (Å²) in [5.74, 6) is -1.30. The number of hydrogen-bond acceptors (Lipinski definition) is 3. The van der Waals surface area contributed by atoms with Gasteiger partial charge in [0.1, 0.15) is 0 Å². The molecule has 0 spiro atoms. The Labute approximate surface area is 145 Å². The van der Waals surface area contributed by atoms with Crippen molar-refractivity contribution < 1.29 is 14.7 Å². The summed E-state index contributed by atoms with van der Waals surface area (Å²) in [5.41, 5.74) is 1.31. The molecule has 3 N–H and O–H groups in total. The standard InChI is InChI=1S/C15H11IN2O3S/c16-12-4-2-1-3-11(12)13(19)18-15(22)17-10-7-5-9(6-8-10)14(20)21/h1-8H,(H,20,21)(H2,17,18,19,22). The summed E-state index contributed by atoms with van der Waals surface area (Å²) in [6, 6.07) is 13.2. The molecular formula is C15H11IN2O3S. The molecule has 0 bridgehead atoms. The van der Waals surface area contributed by atoms with Crippen LogP contribution in [0.15, 0.2) is 48.5 Å². The second-order valence-corrected chi connectivity index (χ2v) is 5.84. The number of hydrogen-bond donors (Lipinski definition) is 3. The van der Waals surface area contributed by atoms with Crippen LogP contribution in [0.25, 0.3) is 0 Å². The molecule has 22 heavy (non-hydrogen) atoms. The van der Waals surface area contributed by atoms with Crippen molar-refractivity contribution in [3.05, 3.63) is 63.2 Å². The number of carbonyl (C=O) groups excluding carboxylic acids is 1. The largest absolute Gasteiger partial charge is 0.478 e. The monoisotopic (exact) mass is 426 g/mol. The molecule has 2 aromatic carbocycles. The molecule has 0 fully saturated rings. The lowest BCUT2D eigenvalue weighted by atomic mass is 10.2. The number of benzene rings is 2. The summed E-state index contributed by atoms with van der Waals surface area (Å²) in [4.78, 5) is 22.9. The Balaban J connectivity index is 1.99. The molecule has 112 valence electrons. The Kier molecular flexibility index (Phi) is 5.45. The Morgan fingerprint density at radius 1 is 1.05 bits per heavy atom. The highest BCUT2D eigenvalue weighted by Gasteiger charge is 2.11. The molecule has 0 radical (unpaired) electrons. The number of carboxylic acids is 1. The number of aromatic carboxylic acids is 1. The summed E-state index contributed by atoms with van der Waals surface area (Å²) in [6.45, 7) is 0. The molecule has 0 unspecified atom stereocenters. The molecule has 0 aliphatic heterocycles. The van der Waals surface area contributed by atoms with Gasteiger partial charge in [-0.1, -0.05) is 12.1 Å². The molecule has 0 aliphatic carbocycles. The van der Waals surface area contributed by atoms with Crippen molar-refractivity contribution in [1.29, 1.82) is 0 Å². The van der Waals surface area contributed by atoms with Crippen LogP contribution in [0.4, 0.5) is 5.69 Å². The predicted octanol–water partition coefficient (Wildman–Crippen LogP) is 3.12. The Hall–Kier alpha value is -2.00. The van der Waals surface area contributed by atoms with E-state index in [4.69, 9.17) is 17.3 Å². The second-order valence-electron chi connectivity index (χ2n) is 4.27. The first-order valence-corrected chi connectivity index (χ1v) is 7.66. The summed E-state index contributed by atoms with van der Waals surface area (Å²) < 4.78 is 0.825. The van der Waals surface area contributed by atoms with Crippen LogP contribution in [0.5, 0.6) is 0 Å². The Morgan fingerprint density at radius 3 is 2.27 bits per heavy atom. The highest BCUT2D eigenvalue weighted by molar-refractivity contribution is 14.1. The molecule has 1 amide bonds. The maximum atomic E-state index is 12.1. The van der Waals surface area contributed by atoms with Gasteiger partial charge in [-0.15, -0.1) is 0 Å². The third kappa shape index (κ3) is 4.25. The van der Waals surface area contributed by atoms with E-state index in [0.29, 0.717) is 11.3 Å². The molecule has 7 heteroatoms. The van der Waals surface area contributed by atoms with Crippen molar-refractivity contribution in [2.75, 3.05) is 5.32 Å². The van der Waals surface area contributed by atoms with E-state index in [1.165, 1.54) is 12.1 Å². The van der Waals surface area contributed by atoms with Gasteiger partial charge in [0.15, 0.2) is 5.11 Å². The number of halogens is 1. The zero-order chi connectivity index (χ0) is 16.1. The maximum Gasteiger partial charge on any atom is 0.335 e. The average Bonchev–Trinajstić information content (AvgIpc) is 2.48. The molecular weight excluding hydrogens is 415 g/mol. The first-order chi connectivity index (χ1) is 10.5. The lowest BCUT2D eigenvalue weighted by Crippen LogP contribution is -2.34. The van der Waals surface area contributed by atoms with Gasteiger partial charge in [0.25, 0.3) is 5.91 Å². The van der Waals surface area contributed by atoms with Crippen LogP contribution in [-0.4, -0.2) is 22.1 Å². The number of carboxylic acid groups (broad SMARTS) is 1. The lowest BCUT2D eigenvalue weighted by molar-refractivity contribution is 0.0696. The Bertz CT molecular complexity index is 732. The van der Waals surface area contributed by atoms with Crippen LogP contribution in [0, 0.1) is 3.57 Å². The van der Waals surface area contributed by atoms with Gasteiger partial charge in [-0.2, -0.15) is 0 Å². The SMILES string of the molecule is O=C(O)c1ccc(NC(=S)NC(=O)c2ccccc2I)cc1. The number of thiocarbonyl (C=S) groups is 1. The van der Waals surface area contributed by atoms with Crippen LogP contribution < -0.4 is 10.6 Å². The van der Waals surface area contributed by atoms with E-state index in [2.05, 4.69) is 33.2 Å². The van der Waals surface area contributed by atoms with Crippen molar-refractivity contribution in [1.82, 2.24) is 5.32 Å². The van der Waals surface area contributed by atoms with Gasteiger partial charge in [0.05, 0.1) is 11.1 Å². The van der Waals surface area contributed by atoms with Crippen molar-refractivity contribution in [2.45, 2.75) is 0 Å². The first kappa shape index (κ1) is 16.4. The molecule has 2 rings (SSSR count). The van der Waals surface area contributed by atoms with Crippen molar-refractivity contribution in [3.8, 4) is 0 Å². The van der Waals surface area contributed by atoms with E-state index < -0.39 is 5.97 Å². The van der Waals surface area contributed by atoms with Gasteiger partial charge in [-0.05, 0) is 71.2 Å². The lowest BCUT2D eigenvalue weighted by Gasteiger charge is -2.10. The second kappa shape index (κ2) is 7.32. The van der Waals surface area contributed by atoms with E-state index in [-0.39, 0.29) is 16.6 Å². The summed E-state index contributed by atoms with van der Waals surface area (Å²) in [5, 5.41) is 14.4. The van der Waals surface area contributed by atoms with Crippen LogP contribution in [0.2, 0.25) is 0 Å². The summed E-state index contributed by atoms with van der Waals surface area (Å²) >= 11 is 7.15. The van der Waals surface area contributed by atoms with Gasteiger partial charge in [0, 0.05) is 9.26 Å². The minimum absolute atomic E-state index is 0.146. The summed E-state index contributed by atoms with van der Waals surface area (Å²) in [7, 11) is 0. The van der Waals surface area contributed by atoms with Gasteiger partial charge in [0.2, 0.25) is 0 Å². The molecule has 0 aromatic heterocycles. The fourth-order valence-corrected chi connectivity index (χ4v) is 2.52. The van der Waals surface area contributed by atoms with E-state index in [1.807, 2.05) is 12.1 Å².